The number of nitrogens with two attached hydrogens (primary N) is 1. The van der Waals surface area contributed by atoms with Gasteiger partial charge in [0, 0.05) is 10.8 Å². The number of nitrogen functional groups attached to an aromatic ring is 1. The lowest BCUT2D eigenvalue weighted by atomic mass is 10.0. The molecule has 0 saturated heterocycles. The number of phenols is 1. The molecule has 0 atom stereocenters. The van der Waals surface area contributed by atoms with Gasteiger partial charge in [-0.1, -0.05) is 30.3 Å². The largest absolute Gasteiger partial charge is 0.506 e. The molecule has 3 rings (SSSR count). The zero-order valence-corrected chi connectivity index (χ0v) is 11.1. The zero-order valence-electron chi connectivity index (χ0n) is 11.1. The maximum Gasteiger partial charge on any atom is 0.154 e. The van der Waals surface area contributed by atoms with Crippen molar-refractivity contribution in [3.63, 3.8) is 0 Å². The number of phenolic OH excluding ortho intramolecular Hbond substituents is 1. The molecule has 102 valence electrons. The van der Waals surface area contributed by atoms with Gasteiger partial charge < -0.3 is 15.6 Å². The van der Waals surface area contributed by atoms with Crippen molar-refractivity contribution in [1.82, 2.24) is 0 Å². The summed E-state index contributed by atoms with van der Waals surface area (Å²) in [4.78, 5) is 0. The van der Waals surface area contributed by atoms with Crippen molar-refractivity contribution in [2.45, 2.75) is 0 Å². The van der Waals surface area contributed by atoms with Crippen molar-refractivity contribution in [2.24, 2.45) is 0 Å². The van der Waals surface area contributed by atoms with Crippen molar-refractivity contribution >= 4 is 16.5 Å². The lowest BCUT2D eigenvalue weighted by Crippen LogP contribution is -1.93. The van der Waals surface area contributed by atoms with E-state index in [0.717, 1.165) is 10.8 Å². The first-order valence-corrected chi connectivity index (χ1v) is 6.38. The molecule has 3 aromatic carbocycles. The van der Waals surface area contributed by atoms with Crippen LogP contribution in [0.15, 0.2) is 54.6 Å². The number of ether oxygens (including phenoxy) is 1. The van der Waals surface area contributed by atoms with Crippen molar-refractivity contribution in [2.75, 3.05) is 5.73 Å². The van der Waals surface area contributed by atoms with Crippen LogP contribution in [0, 0.1) is 11.3 Å². The van der Waals surface area contributed by atoms with Crippen molar-refractivity contribution in [3.05, 3.63) is 60.2 Å². The van der Waals surface area contributed by atoms with Crippen LogP contribution in [0.2, 0.25) is 0 Å². The summed E-state index contributed by atoms with van der Waals surface area (Å²) in [6, 6.07) is 17.9. The van der Waals surface area contributed by atoms with Crippen LogP contribution in [0.3, 0.4) is 0 Å². The van der Waals surface area contributed by atoms with E-state index in [4.69, 9.17) is 15.7 Å². The Balaban J connectivity index is 2.14. The summed E-state index contributed by atoms with van der Waals surface area (Å²) in [5.74, 6) is 0.942. The molecule has 0 aromatic heterocycles. The highest BCUT2D eigenvalue weighted by atomic mass is 16.5. The van der Waals surface area contributed by atoms with Crippen LogP contribution in [0.5, 0.6) is 17.2 Å². The molecule has 0 bridgehead atoms. The summed E-state index contributed by atoms with van der Waals surface area (Å²) in [5.41, 5.74) is 6.57. The van der Waals surface area contributed by atoms with E-state index in [1.807, 2.05) is 24.3 Å². The second-order valence-corrected chi connectivity index (χ2v) is 4.56. The van der Waals surface area contributed by atoms with E-state index >= 15 is 0 Å². The molecular formula is C17H12N2O2. The Labute approximate surface area is 121 Å². The summed E-state index contributed by atoms with van der Waals surface area (Å²) in [5, 5.41) is 20.4. The lowest BCUT2D eigenvalue weighted by Gasteiger charge is -2.12. The van der Waals surface area contributed by atoms with Crippen LogP contribution in [0.1, 0.15) is 5.56 Å². The molecule has 0 aliphatic heterocycles. The van der Waals surface area contributed by atoms with E-state index in [1.165, 1.54) is 6.07 Å². The van der Waals surface area contributed by atoms with Crippen molar-refractivity contribution in [3.8, 4) is 23.3 Å². The molecule has 0 saturated carbocycles. The van der Waals surface area contributed by atoms with Crippen LogP contribution >= 0.6 is 0 Å². The van der Waals surface area contributed by atoms with E-state index in [9.17, 15) is 5.11 Å². The fraction of sp³-hybridized carbons (Fsp3) is 0. The van der Waals surface area contributed by atoms with E-state index in [1.54, 1.807) is 24.3 Å². The third-order valence-electron chi connectivity index (χ3n) is 3.27. The minimum Gasteiger partial charge on any atom is -0.506 e. The van der Waals surface area contributed by atoms with E-state index in [0.29, 0.717) is 17.1 Å². The van der Waals surface area contributed by atoms with Crippen LogP contribution in [-0.2, 0) is 0 Å². The molecule has 4 nitrogen and oxygen atoms in total. The van der Waals surface area contributed by atoms with E-state index in [2.05, 4.69) is 6.07 Å². The number of anilines is 1. The van der Waals surface area contributed by atoms with Crippen LogP contribution in [0.4, 0.5) is 5.69 Å². The van der Waals surface area contributed by atoms with Gasteiger partial charge in [-0.2, -0.15) is 5.26 Å². The first-order valence-electron chi connectivity index (χ1n) is 6.38. The normalized spacial score (nSPS) is 10.2. The smallest absolute Gasteiger partial charge is 0.154 e. The molecular weight excluding hydrogens is 264 g/mol. The number of aromatic hydroxyl groups is 1. The van der Waals surface area contributed by atoms with Crippen molar-refractivity contribution < 1.29 is 9.84 Å². The predicted molar refractivity (Wildman–Crippen MR) is 81.3 cm³/mol. The Hall–Kier alpha value is -3.19. The lowest BCUT2D eigenvalue weighted by molar-refractivity contribution is 0.462. The Morgan fingerprint density at radius 2 is 1.67 bits per heavy atom. The maximum absolute atomic E-state index is 9.63. The Kier molecular flexibility index (Phi) is 3.09. The second-order valence-electron chi connectivity index (χ2n) is 4.56. The van der Waals surface area contributed by atoms with Gasteiger partial charge >= 0.3 is 0 Å². The summed E-state index contributed by atoms with van der Waals surface area (Å²) in [7, 11) is 0. The molecule has 0 fully saturated rings. The number of hydrogen-bond acceptors (Lipinski definition) is 4. The van der Waals surface area contributed by atoms with Gasteiger partial charge in [0.2, 0.25) is 0 Å². The number of fused-ring (bicyclic) bond motifs is 1. The average Bonchev–Trinajstić information content (AvgIpc) is 2.52. The van der Waals surface area contributed by atoms with Gasteiger partial charge in [0.05, 0.1) is 11.6 Å². The third-order valence-corrected chi connectivity index (χ3v) is 3.27. The molecule has 0 unspecified atom stereocenters. The molecule has 4 heteroatoms. The molecule has 3 N–H and O–H groups in total. The van der Waals surface area contributed by atoms with Crippen molar-refractivity contribution in [1.29, 1.82) is 5.26 Å². The Bertz CT molecular complexity index is 866. The minimum absolute atomic E-state index is 0.0227. The summed E-state index contributed by atoms with van der Waals surface area (Å²) < 4.78 is 5.81. The molecule has 3 aromatic rings. The Morgan fingerprint density at radius 1 is 0.905 bits per heavy atom. The van der Waals surface area contributed by atoms with E-state index in [-0.39, 0.29) is 11.4 Å². The molecule has 0 amide bonds. The van der Waals surface area contributed by atoms with Gasteiger partial charge in [0.15, 0.2) is 5.75 Å². The highest BCUT2D eigenvalue weighted by Crippen LogP contribution is 2.37. The number of benzene rings is 3. The highest BCUT2D eigenvalue weighted by Gasteiger charge is 2.10. The number of nitriles is 1. The molecule has 0 heterocycles. The minimum atomic E-state index is -0.0227. The highest BCUT2D eigenvalue weighted by molar-refractivity contribution is 5.93. The second kappa shape index (κ2) is 5.06. The molecule has 0 aliphatic rings. The molecule has 0 aliphatic carbocycles. The third kappa shape index (κ3) is 2.21. The topological polar surface area (TPSA) is 79.3 Å². The fourth-order valence-electron chi connectivity index (χ4n) is 2.20. The average molecular weight is 276 g/mol. The molecule has 0 radical (unpaired) electrons. The fourth-order valence-corrected chi connectivity index (χ4v) is 2.20. The standard InChI is InChI=1S/C17H12N2O2/c18-10-11-8-9-15(13-5-2-1-4-12(11)13)21-16-7-3-6-14(20)17(16)19/h1-9,20H,19H2. The van der Waals surface area contributed by atoms with Crippen LogP contribution in [-0.4, -0.2) is 5.11 Å². The maximum atomic E-state index is 9.63. The van der Waals surface area contributed by atoms with Gasteiger partial charge in [-0.15, -0.1) is 0 Å². The van der Waals surface area contributed by atoms with Gasteiger partial charge in [-0.3, -0.25) is 0 Å². The first-order chi connectivity index (χ1) is 10.2. The quantitative estimate of drug-likeness (QED) is 0.551. The zero-order chi connectivity index (χ0) is 14.8. The number of para-hydroxylation sites is 1. The monoisotopic (exact) mass is 276 g/mol. The number of hydrogen-bond donors (Lipinski definition) is 2. The molecule has 0 spiro atoms. The van der Waals surface area contributed by atoms with Crippen LogP contribution < -0.4 is 10.5 Å². The van der Waals surface area contributed by atoms with Gasteiger partial charge in [0.1, 0.15) is 17.2 Å². The van der Waals surface area contributed by atoms with Gasteiger partial charge in [-0.05, 0) is 24.3 Å². The summed E-state index contributed by atoms with van der Waals surface area (Å²) in [6.07, 6.45) is 0. The summed E-state index contributed by atoms with van der Waals surface area (Å²) >= 11 is 0. The first kappa shape index (κ1) is 12.8. The Morgan fingerprint density at radius 3 is 2.43 bits per heavy atom. The SMILES string of the molecule is N#Cc1ccc(Oc2cccc(O)c2N)c2ccccc12. The predicted octanol–water partition coefficient (Wildman–Crippen LogP) is 3.79. The summed E-state index contributed by atoms with van der Waals surface area (Å²) in [6.45, 7) is 0. The van der Waals surface area contributed by atoms with Crippen LogP contribution in [0.25, 0.3) is 10.8 Å². The van der Waals surface area contributed by atoms with Gasteiger partial charge in [-0.25, -0.2) is 0 Å². The van der Waals surface area contributed by atoms with E-state index < -0.39 is 0 Å². The van der Waals surface area contributed by atoms with Gasteiger partial charge in [0.25, 0.3) is 0 Å². The molecule has 21 heavy (non-hydrogen) atoms. The number of nitrogens with zero attached hydrogens (tertiary/aromatic N) is 1. The number of rotatable bonds is 2.